The molecule has 0 bridgehead atoms. The summed E-state index contributed by atoms with van der Waals surface area (Å²) in [6.07, 6.45) is 2.70. The number of hydrogen-bond acceptors (Lipinski definition) is 6. The molecule has 3 aromatic heterocycles. The Morgan fingerprint density at radius 1 is 1.29 bits per heavy atom. The minimum absolute atomic E-state index is 0.00366. The molecule has 1 aromatic carbocycles. The van der Waals surface area contributed by atoms with Crippen molar-refractivity contribution >= 4 is 28.3 Å². The molecule has 4 heterocycles. The molecule has 4 aromatic rings. The maximum atomic E-state index is 12.8. The van der Waals surface area contributed by atoms with E-state index in [0.29, 0.717) is 24.6 Å². The van der Waals surface area contributed by atoms with E-state index in [1.165, 1.54) is 0 Å². The Hall–Kier alpha value is -3.00. The maximum Gasteiger partial charge on any atom is 0.227 e. The summed E-state index contributed by atoms with van der Waals surface area (Å²) in [6, 6.07) is 9.90. The number of thiophene rings is 1. The number of aryl methyl sites for hydroxylation is 1. The molecule has 0 spiro atoms. The molecule has 8 heteroatoms. The third-order valence-electron chi connectivity index (χ3n) is 5.10. The van der Waals surface area contributed by atoms with E-state index in [9.17, 15) is 4.79 Å². The molecule has 1 saturated heterocycles. The van der Waals surface area contributed by atoms with Crippen LogP contribution in [0.25, 0.3) is 22.4 Å². The van der Waals surface area contributed by atoms with Gasteiger partial charge >= 0.3 is 0 Å². The average Bonchev–Trinajstić information content (AvgIpc) is 3.50. The van der Waals surface area contributed by atoms with Gasteiger partial charge in [-0.1, -0.05) is 17.3 Å². The molecule has 1 atom stereocenters. The van der Waals surface area contributed by atoms with Gasteiger partial charge in [0.15, 0.2) is 0 Å². The van der Waals surface area contributed by atoms with Crippen molar-refractivity contribution in [3.63, 3.8) is 0 Å². The lowest BCUT2D eigenvalue weighted by atomic mass is 10.2. The van der Waals surface area contributed by atoms with Crippen LogP contribution in [0.2, 0.25) is 0 Å². The molecule has 1 fully saturated rings. The fourth-order valence-electron chi connectivity index (χ4n) is 3.70. The van der Waals surface area contributed by atoms with E-state index in [4.69, 9.17) is 4.52 Å². The minimum atomic E-state index is 0.00366. The number of carbonyl (C=O) groups excluding carboxylic acids is 1. The normalized spacial score (nSPS) is 16.9. The van der Waals surface area contributed by atoms with Crippen molar-refractivity contribution in [1.82, 2.24) is 25.0 Å². The molecule has 0 radical (unpaired) electrons. The Bertz CT molecular complexity index is 1070. The topological polar surface area (TPSA) is 87.9 Å². The number of nitrogens with one attached hydrogen (secondary N) is 1. The van der Waals surface area contributed by atoms with E-state index in [2.05, 4.69) is 20.1 Å². The van der Waals surface area contributed by atoms with Gasteiger partial charge in [-0.05, 0) is 36.4 Å². The highest BCUT2D eigenvalue weighted by Gasteiger charge is 2.32. The number of para-hydroxylation sites is 2. The van der Waals surface area contributed by atoms with Crippen molar-refractivity contribution < 1.29 is 9.32 Å². The number of hydrogen-bond donors (Lipinski definition) is 1. The predicted octanol–water partition coefficient (Wildman–Crippen LogP) is 3.97. The molecule has 0 saturated carbocycles. The number of benzene rings is 1. The van der Waals surface area contributed by atoms with Gasteiger partial charge in [0.05, 0.1) is 17.1 Å². The fourth-order valence-corrected chi connectivity index (χ4v) is 4.34. The van der Waals surface area contributed by atoms with Crippen LogP contribution in [0.1, 0.15) is 37.0 Å². The lowest BCUT2D eigenvalue weighted by molar-refractivity contribution is -0.132. The smallest absolute Gasteiger partial charge is 0.227 e. The highest BCUT2D eigenvalue weighted by molar-refractivity contribution is 7.08. The van der Waals surface area contributed by atoms with Crippen LogP contribution in [-0.2, 0) is 11.2 Å². The van der Waals surface area contributed by atoms with Crippen molar-refractivity contribution in [2.75, 3.05) is 6.54 Å². The zero-order valence-corrected chi connectivity index (χ0v) is 16.0. The van der Waals surface area contributed by atoms with Gasteiger partial charge in [0, 0.05) is 30.3 Å². The van der Waals surface area contributed by atoms with Crippen molar-refractivity contribution in [2.45, 2.75) is 31.7 Å². The van der Waals surface area contributed by atoms with Gasteiger partial charge in [0.1, 0.15) is 5.82 Å². The van der Waals surface area contributed by atoms with Crippen LogP contribution in [0.5, 0.6) is 0 Å². The van der Waals surface area contributed by atoms with Crippen LogP contribution in [0, 0.1) is 0 Å². The number of likely N-dealkylation sites (tertiary alicyclic amines) is 1. The lowest BCUT2D eigenvalue weighted by Crippen LogP contribution is -2.31. The zero-order chi connectivity index (χ0) is 18.9. The zero-order valence-electron chi connectivity index (χ0n) is 15.2. The molecule has 142 valence electrons. The summed E-state index contributed by atoms with van der Waals surface area (Å²) in [5.74, 6) is 2.03. The Kier molecular flexibility index (Phi) is 4.40. The number of amides is 1. The summed E-state index contributed by atoms with van der Waals surface area (Å²) in [5, 5.41) is 7.95. The monoisotopic (exact) mass is 393 g/mol. The first-order valence-electron chi connectivity index (χ1n) is 9.37. The molecule has 5 rings (SSSR count). The van der Waals surface area contributed by atoms with Crippen molar-refractivity contribution in [3.8, 4) is 11.4 Å². The first-order chi connectivity index (χ1) is 13.8. The molecule has 1 N–H and O–H groups in total. The lowest BCUT2D eigenvalue weighted by Gasteiger charge is -2.23. The molecule has 0 aliphatic carbocycles. The summed E-state index contributed by atoms with van der Waals surface area (Å²) in [5.41, 5.74) is 2.88. The van der Waals surface area contributed by atoms with E-state index >= 15 is 0 Å². The summed E-state index contributed by atoms with van der Waals surface area (Å²) < 4.78 is 5.31. The second-order valence-electron chi connectivity index (χ2n) is 6.91. The maximum absolute atomic E-state index is 12.8. The fraction of sp³-hybridized carbons (Fsp3) is 0.300. The molecule has 1 amide bonds. The van der Waals surface area contributed by atoms with Crippen LogP contribution < -0.4 is 0 Å². The average molecular weight is 393 g/mol. The van der Waals surface area contributed by atoms with Crippen LogP contribution in [0.4, 0.5) is 0 Å². The number of aromatic nitrogens is 4. The molecule has 1 aliphatic rings. The van der Waals surface area contributed by atoms with Gasteiger partial charge < -0.3 is 14.4 Å². The van der Waals surface area contributed by atoms with Crippen LogP contribution in [0.3, 0.4) is 0 Å². The number of H-pyrrole nitrogens is 1. The molecule has 1 unspecified atom stereocenters. The summed E-state index contributed by atoms with van der Waals surface area (Å²) in [7, 11) is 0. The van der Waals surface area contributed by atoms with Crippen molar-refractivity contribution in [3.05, 3.63) is 52.8 Å². The number of imidazole rings is 1. The number of rotatable bonds is 5. The van der Waals surface area contributed by atoms with Crippen LogP contribution in [-0.4, -0.2) is 37.5 Å². The molecular weight excluding hydrogens is 374 g/mol. The minimum Gasteiger partial charge on any atom is -0.340 e. The third kappa shape index (κ3) is 3.20. The van der Waals surface area contributed by atoms with Crippen LogP contribution in [0.15, 0.2) is 45.6 Å². The second-order valence-corrected chi connectivity index (χ2v) is 7.69. The largest absolute Gasteiger partial charge is 0.340 e. The van der Waals surface area contributed by atoms with E-state index in [0.717, 1.165) is 41.8 Å². The van der Waals surface area contributed by atoms with Crippen molar-refractivity contribution in [2.24, 2.45) is 0 Å². The molecule has 7 nitrogen and oxygen atoms in total. The first kappa shape index (κ1) is 17.1. The standard InChI is InChI=1S/C20H19N5O2S/c26-18(8-7-17-23-19(24-27-17)13-9-11-28-12-13)25-10-3-6-16(25)20-21-14-4-1-2-5-15(14)22-20/h1-2,4-5,9,11-12,16H,3,6-8,10H2,(H,21,22). The van der Waals surface area contributed by atoms with E-state index in [1.54, 1.807) is 11.3 Å². The van der Waals surface area contributed by atoms with Gasteiger partial charge in [-0.3, -0.25) is 4.79 Å². The third-order valence-corrected chi connectivity index (χ3v) is 5.78. The van der Waals surface area contributed by atoms with Gasteiger partial charge in [0.25, 0.3) is 0 Å². The highest BCUT2D eigenvalue weighted by atomic mass is 32.1. The number of fused-ring (bicyclic) bond motifs is 1. The van der Waals surface area contributed by atoms with Crippen molar-refractivity contribution in [1.29, 1.82) is 0 Å². The van der Waals surface area contributed by atoms with Crippen LogP contribution >= 0.6 is 11.3 Å². The Morgan fingerprint density at radius 2 is 2.21 bits per heavy atom. The highest BCUT2D eigenvalue weighted by Crippen LogP contribution is 2.32. The number of aromatic amines is 1. The van der Waals surface area contributed by atoms with Gasteiger partial charge in [-0.25, -0.2) is 4.98 Å². The molecule has 1 aliphatic heterocycles. The first-order valence-corrected chi connectivity index (χ1v) is 10.3. The van der Waals surface area contributed by atoms with Gasteiger partial charge in [-0.15, -0.1) is 0 Å². The second kappa shape index (κ2) is 7.20. The Balaban J connectivity index is 1.27. The van der Waals surface area contributed by atoms with Gasteiger partial charge in [0.2, 0.25) is 17.6 Å². The molecular formula is C20H19N5O2S. The van der Waals surface area contributed by atoms with E-state index < -0.39 is 0 Å². The molecule has 28 heavy (non-hydrogen) atoms. The predicted molar refractivity (Wildman–Crippen MR) is 106 cm³/mol. The van der Waals surface area contributed by atoms with Gasteiger partial charge in [-0.2, -0.15) is 16.3 Å². The van der Waals surface area contributed by atoms with E-state index in [1.807, 2.05) is 46.0 Å². The number of carbonyl (C=O) groups is 1. The summed E-state index contributed by atoms with van der Waals surface area (Å²) in [4.78, 5) is 27.2. The van der Waals surface area contributed by atoms with E-state index in [-0.39, 0.29) is 11.9 Å². The quantitative estimate of drug-likeness (QED) is 0.554. The SMILES string of the molecule is O=C(CCc1nc(-c2ccsc2)no1)N1CCCC1c1nc2ccccc2[nH]1. The Morgan fingerprint density at radius 3 is 3.07 bits per heavy atom. The summed E-state index contributed by atoms with van der Waals surface area (Å²) in [6.45, 7) is 0.754. The Labute approximate surface area is 165 Å². The number of nitrogens with zero attached hydrogens (tertiary/aromatic N) is 4. The summed E-state index contributed by atoms with van der Waals surface area (Å²) >= 11 is 1.59.